The number of halogens is 3. The second kappa shape index (κ2) is 4.09. The normalized spacial score (nSPS) is 11.5. The van der Waals surface area contributed by atoms with Gasteiger partial charge in [0.25, 0.3) is 0 Å². The molecule has 2 aromatic heterocycles. The fourth-order valence-electron chi connectivity index (χ4n) is 1.14. The molecule has 2 aromatic rings. The van der Waals surface area contributed by atoms with Crippen LogP contribution in [0.15, 0.2) is 24.5 Å². The number of aromatic carboxylic acids is 1. The van der Waals surface area contributed by atoms with E-state index in [4.69, 9.17) is 5.11 Å². The Morgan fingerprint density at radius 3 is 2.44 bits per heavy atom. The molecule has 0 radical (unpaired) electrons. The van der Waals surface area contributed by atoms with E-state index in [1.165, 1.54) is 0 Å². The zero-order valence-electron chi connectivity index (χ0n) is 8.59. The van der Waals surface area contributed by atoms with Crippen LogP contribution in [0.4, 0.5) is 13.2 Å². The SMILES string of the molecule is O=C(O)c1cnn(-c2ccc(C(F)(F)F)cn2)n1. The number of carboxylic acid groups (broad SMARTS) is 1. The average Bonchev–Trinajstić information content (AvgIpc) is 2.77. The first-order valence-electron chi connectivity index (χ1n) is 4.57. The van der Waals surface area contributed by atoms with E-state index in [1.807, 2.05) is 0 Å². The van der Waals surface area contributed by atoms with Gasteiger partial charge in [0.15, 0.2) is 11.5 Å². The summed E-state index contributed by atoms with van der Waals surface area (Å²) in [5.41, 5.74) is -1.23. The van der Waals surface area contributed by atoms with Crippen LogP contribution in [0.1, 0.15) is 16.1 Å². The lowest BCUT2D eigenvalue weighted by molar-refractivity contribution is -0.137. The average molecular weight is 258 g/mol. The van der Waals surface area contributed by atoms with Gasteiger partial charge < -0.3 is 5.11 Å². The van der Waals surface area contributed by atoms with Crippen molar-refractivity contribution in [2.45, 2.75) is 6.18 Å². The third-order valence-electron chi connectivity index (χ3n) is 1.99. The molecule has 6 nitrogen and oxygen atoms in total. The predicted molar refractivity (Wildman–Crippen MR) is 51.1 cm³/mol. The molecular formula is C9H5F3N4O2. The molecule has 0 spiro atoms. The minimum Gasteiger partial charge on any atom is -0.476 e. The van der Waals surface area contributed by atoms with Crippen molar-refractivity contribution in [2.24, 2.45) is 0 Å². The minimum absolute atomic E-state index is 0.00417. The zero-order valence-corrected chi connectivity index (χ0v) is 8.59. The first-order valence-corrected chi connectivity index (χ1v) is 4.57. The molecule has 94 valence electrons. The highest BCUT2D eigenvalue weighted by atomic mass is 19.4. The van der Waals surface area contributed by atoms with Gasteiger partial charge in [0, 0.05) is 6.20 Å². The smallest absolute Gasteiger partial charge is 0.417 e. The molecule has 0 fully saturated rings. The molecule has 9 heteroatoms. The van der Waals surface area contributed by atoms with Gasteiger partial charge in [0.1, 0.15) is 0 Å². The minimum atomic E-state index is -4.48. The second-order valence-electron chi connectivity index (χ2n) is 3.23. The fourth-order valence-corrected chi connectivity index (χ4v) is 1.14. The van der Waals surface area contributed by atoms with Crippen molar-refractivity contribution in [3.63, 3.8) is 0 Å². The summed E-state index contributed by atoms with van der Waals surface area (Å²) in [5.74, 6) is -1.29. The summed E-state index contributed by atoms with van der Waals surface area (Å²) in [4.78, 5) is 14.9. The van der Waals surface area contributed by atoms with E-state index in [2.05, 4.69) is 15.2 Å². The number of nitrogens with zero attached hydrogens (tertiary/aromatic N) is 4. The third kappa shape index (κ3) is 2.29. The van der Waals surface area contributed by atoms with Crippen LogP contribution < -0.4 is 0 Å². The number of alkyl halides is 3. The Morgan fingerprint density at radius 2 is 2.00 bits per heavy atom. The Bertz CT molecular complexity index is 576. The van der Waals surface area contributed by atoms with Gasteiger partial charge in [-0.2, -0.15) is 18.3 Å². The van der Waals surface area contributed by atoms with Gasteiger partial charge in [-0.1, -0.05) is 0 Å². The van der Waals surface area contributed by atoms with Gasteiger partial charge in [0.05, 0.1) is 11.8 Å². The van der Waals surface area contributed by atoms with Crippen molar-refractivity contribution < 1.29 is 23.1 Å². The van der Waals surface area contributed by atoms with Gasteiger partial charge in [-0.05, 0) is 12.1 Å². The van der Waals surface area contributed by atoms with E-state index in [9.17, 15) is 18.0 Å². The van der Waals surface area contributed by atoms with Crippen molar-refractivity contribution in [3.05, 3.63) is 35.8 Å². The number of hydrogen-bond acceptors (Lipinski definition) is 4. The monoisotopic (exact) mass is 258 g/mol. The molecule has 2 heterocycles. The first-order chi connectivity index (χ1) is 8.38. The third-order valence-corrected chi connectivity index (χ3v) is 1.99. The van der Waals surface area contributed by atoms with Crippen LogP contribution in [0.5, 0.6) is 0 Å². The Morgan fingerprint density at radius 1 is 1.28 bits per heavy atom. The molecule has 0 aliphatic rings. The Balaban J connectivity index is 2.31. The van der Waals surface area contributed by atoms with Gasteiger partial charge in [-0.3, -0.25) is 0 Å². The maximum Gasteiger partial charge on any atom is 0.417 e. The highest BCUT2D eigenvalue weighted by Crippen LogP contribution is 2.28. The Hall–Kier alpha value is -2.45. The number of carbonyl (C=O) groups is 1. The quantitative estimate of drug-likeness (QED) is 0.880. The summed E-state index contributed by atoms with van der Waals surface area (Å²) in [7, 11) is 0. The molecule has 0 amide bonds. The lowest BCUT2D eigenvalue weighted by Gasteiger charge is -2.05. The molecule has 1 N–H and O–H groups in total. The van der Waals surface area contributed by atoms with Gasteiger partial charge in [-0.15, -0.1) is 9.90 Å². The van der Waals surface area contributed by atoms with Crippen LogP contribution in [0.3, 0.4) is 0 Å². The topological polar surface area (TPSA) is 80.9 Å². The van der Waals surface area contributed by atoms with Crippen LogP contribution >= 0.6 is 0 Å². The van der Waals surface area contributed by atoms with Crippen molar-refractivity contribution >= 4 is 5.97 Å². The molecule has 2 rings (SSSR count). The van der Waals surface area contributed by atoms with E-state index in [0.717, 1.165) is 23.1 Å². The number of aromatic nitrogens is 4. The Kier molecular flexibility index (Phi) is 2.73. The van der Waals surface area contributed by atoms with Crippen LogP contribution in [-0.2, 0) is 6.18 Å². The van der Waals surface area contributed by atoms with E-state index in [0.29, 0.717) is 6.20 Å². The van der Waals surface area contributed by atoms with Crippen molar-refractivity contribution in [3.8, 4) is 5.82 Å². The lowest BCUT2D eigenvalue weighted by Crippen LogP contribution is -2.08. The van der Waals surface area contributed by atoms with E-state index >= 15 is 0 Å². The number of hydrogen-bond donors (Lipinski definition) is 1. The van der Waals surface area contributed by atoms with Gasteiger partial charge >= 0.3 is 12.1 Å². The molecule has 0 atom stereocenters. The van der Waals surface area contributed by atoms with Crippen molar-refractivity contribution in [1.29, 1.82) is 0 Å². The number of carboxylic acids is 1. The molecule has 18 heavy (non-hydrogen) atoms. The van der Waals surface area contributed by atoms with E-state index in [1.54, 1.807) is 0 Å². The van der Waals surface area contributed by atoms with E-state index in [-0.39, 0.29) is 11.5 Å². The summed E-state index contributed by atoms with van der Waals surface area (Å²) >= 11 is 0. The summed E-state index contributed by atoms with van der Waals surface area (Å²) < 4.78 is 36.8. The molecule has 0 aromatic carbocycles. The zero-order chi connectivity index (χ0) is 13.3. The molecule has 0 bridgehead atoms. The molecule has 0 aliphatic carbocycles. The predicted octanol–water partition coefficient (Wildman–Crippen LogP) is 1.38. The standard InChI is InChI=1S/C9H5F3N4O2/c10-9(11,12)5-1-2-7(13-3-5)16-14-4-6(15-16)8(17)18/h1-4H,(H,17,18). The fraction of sp³-hybridized carbons (Fsp3) is 0.111. The van der Waals surface area contributed by atoms with Crippen LogP contribution in [0.25, 0.3) is 5.82 Å². The van der Waals surface area contributed by atoms with Gasteiger partial charge in [-0.25, -0.2) is 9.78 Å². The van der Waals surface area contributed by atoms with Crippen molar-refractivity contribution in [2.75, 3.05) is 0 Å². The van der Waals surface area contributed by atoms with Gasteiger partial charge in [0.2, 0.25) is 0 Å². The second-order valence-corrected chi connectivity index (χ2v) is 3.23. The first kappa shape index (κ1) is 12.0. The maximum atomic E-state index is 12.3. The number of pyridine rings is 1. The highest BCUT2D eigenvalue weighted by Gasteiger charge is 2.30. The highest BCUT2D eigenvalue weighted by molar-refractivity contribution is 5.84. The summed E-state index contributed by atoms with van der Waals surface area (Å²) in [6.45, 7) is 0. The Labute approximate surface area is 97.7 Å². The molecule has 0 saturated heterocycles. The van der Waals surface area contributed by atoms with Crippen molar-refractivity contribution in [1.82, 2.24) is 20.0 Å². The van der Waals surface area contributed by atoms with E-state index < -0.39 is 17.7 Å². The van der Waals surface area contributed by atoms with Crippen LogP contribution in [-0.4, -0.2) is 31.1 Å². The summed E-state index contributed by atoms with van der Waals surface area (Å²) in [5, 5.41) is 15.7. The molecule has 0 aliphatic heterocycles. The van der Waals surface area contributed by atoms with Crippen LogP contribution in [0, 0.1) is 0 Å². The largest absolute Gasteiger partial charge is 0.476 e. The van der Waals surface area contributed by atoms with Crippen LogP contribution in [0.2, 0.25) is 0 Å². The molecule has 0 saturated carbocycles. The summed E-state index contributed by atoms with van der Waals surface area (Å²) in [6.07, 6.45) is -2.88. The molecular weight excluding hydrogens is 253 g/mol. The molecule has 0 unspecified atom stereocenters. The maximum absolute atomic E-state index is 12.3. The summed E-state index contributed by atoms with van der Waals surface area (Å²) in [6, 6.07) is 1.86. The lowest BCUT2D eigenvalue weighted by atomic mass is 10.3. The number of rotatable bonds is 2.